The molecule has 0 spiro atoms. The van der Waals surface area contributed by atoms with Crippen LogP contribution in [0.5, 0.6) is 0 Å². The van der Waals surface area contributed by atoms with Crippen molar-refractivity contribution in [3.8, 4) is 0 Å². The van der Waals surface area contributed by atoms with Gasteiger partial charge in [0.2, 0.25) is 5.91 Å². The molecular formula is C10H14N2O2. The van der Waals surface area contributed by atoms with Gasteiger partial charge in [-0.1, -0.05) is 12.2 Å². The average molecular weight is 194 g/mol. The monoisotopic (exact) mass is 194 g/mol. The fourth-order valence-electron chi connectivity index (χ4n) is 1.59. The molecule has 0 bridgehead atoms. The minimum absolute atomic E-state index is 0.0280. The van der Waals surface area contributed by atoms with Crippen LogP contribution in [0.3, 0.4) is 0 Å². The third kappa shape index (κ3) is 2.20. The molecule has 1 saturated heterocycles. The Bertz CT molecular complexity index is 255. The fourth-order valence-corrected chi connectivity index (χ4v) is 1.59. The number of hydrogen-bond acceptors (Lipinski definition) is 3. The predicted octanol–water partition coefficient (Wildman–Crippen LogP) is 0.148. The Kier molecular flexibility index (Phi) is 2.93. The molecular weight excluding hydrogens is 180 g/mol. The van der Waals surface area contributed by atoms with E-state index in [4.69, 9.17) is 4.74 Å². The van der Waals surface area contributed by atoms with Crippen molar-refractivity contribution in [3.63, 3.8) is 0 Å². The number of nitrogens with one attached hydrogen (secondary N) is 1. The number of hydrogen-bond donors (Lipinski definition) is 1. The Morgan fingerprint density at radius 1 is 1.57 bits per heavy atom. The van der Waals surface area contributed by atoms with Gasteiger partial charge in [0, 0.05) is 12.8 Å². The van der Waals surface area contributed by atoms with Crippen LogP contribution >= 0.6 is 0 Å². The Hall–Kier alpha value is -1.16. The first-order chi connectivity index (χ1) is 6.86. The van der Waals surface area contributed by atoms with Crippen molar-refractivity contribution in [2.24, 2.45) is 10.9 Å². The number of dihydropyridines is 1. The fraction of sp³-hybridized carbons (Fsp3) is 0.600. The molecule has 4 heteroatoms. The van der Waals surface area contributed by atoms with Crippen LogP contribution in [0.15, 0.2) is 17.1 Å². The number of rotatable bonds is 2. The van der Waals surface area contributed by atoms with Gasteiger partial charge in [0.05, 0.1) is 25.1 Å². The van der Waals surface area contributed by atoms with Crippen LogP contribution in [0.1, 0.15) is 6.42 Å². The van der Waals surface area contributed by atoms with E-state index >= 15 is 0 Å². The number of amides is 1. The largest absolute Gasteiger partial charge is 0.379 e. The highest BCUT2D eigenvalue weighted by atomic mass is 16.5. The zero-order valence-corrected chi connectivity index (χ0v) is 7.98. The van der Waals surface area contributed by atoms with Crippen LogP contribution in [-0.4, -0.2) is 37.9 Å². The van der Waals surface area contributed by atoms with Gasteiger partial charge in [-0.2, -0.15) is 0 Å². The minimum Gasteiger partial charge on any atom is -0.379 e. The number of carbonyl (C=O) groups is 1. The van der Waals surface area contributed by atoms with E-state index in [-0.39, 0.29) is 17.9 Å². The summed E-state index contributed by atoms with van der Waals surface area (Å²) in [5.74, 6) is -0.162. The van der Waals surface area contributed by atoms with Crippen LogP contribution in [0.25, 0.3) is 0 Å². The normalized spacial score (nSPS) is 30.6. The van der Waals surface area contributed by atoms with Gasteiger partial charge in [-0.25, -0.2) is 0 Å². The summed E-state index contributed by atoms with van der Waals surface area (Å²) in [4.78, 5) is 15.7. The van der Waals surface area contributed by atoms with E-state index in [0.29, 0.717) is 13.2 Å². The maximum atomic E-state index is 11.6. The Labute approximate surface area is 83.0 Å². The van der Waals surface area contributed by atoms with Crippen LogP contribution in [-0.2, 0) is 9.53 Å². The number of ether oxygens (including phenoxy) is 1. The summed E-state index contributed by atoms with van der Waals surface area (Å²) in [6, 6.07) is 0.186. The Morgan fingerprint density at radius 3 is 3.14 bits per heavy atom. The standard InChI is InChI=1S/C10H14N2O2/c13-10(8-2-1-4-11-6-8)12-9-3-5-14-7-9/h1-2,6,8-9H,3-5,7H2,(H,12,13)/t8?,9-/m1/s1. The molecule has 2 aliphatic heterocycles. The van der Waals surface area contributed by atoms with Gasteiger partial charge >= 0.3 is 0 Å². The topological polar surface area (TPSA) is 50.7 Å². The lowest BCUT2D eigenvalue weighted by molar-refractivity contribution is -0.122. The molecule has 2 aliphatic rings. The summed E-state index contributed by atoms with van der Waals surface area (Å²) in [7, 11) is 0. The van der Waals surface area contributed by atoms with Crippen molar-refractivity contribution in [2.75, 3.05) is 19.8 Å². The van der Waals surface area contributed by atoms with Gasteiger partial charge in [0.25, 0.3) is 0 Å². The van der Waals surface area contributed by atoms with Crippen LogP contribution < -0.4 is 5.32 Å². The summed E-state index contributed by atoms with van der Waals surface area (Å²) in [6.45, 7) is 2.08. The van der Waals surface area contributed by atoms with Gasteiger partial charge < -0.3 is 10.1 Å². The molecule has 0 aromatic heterocycles. The maximum Gasteiger partial charge on any atom is 0.232 e. The van der Waals surface area contributed by atoms with E-state index in [9.17, 15) is 4.79 Å². The zero-order valence-electron chi connectivity index (χ0n) is 7.98. The van der Waals surface area contributed by atoms with Crippen molar-refractivity contribution >= 4 is 12.1 Å². The maximum absolute atomic E-state index is 11.6. The summed E-state index contributed by atoms with van der Waals surface area (Å²) < 4.78 is 5.18. The van der Waals surface area contributed by atoms with Crippen molar-refractivity contribution in [3.05, 3.63) is 12.2 Å². The molecule has 0 aliphatic carbocycles. The first-order valence-corrected chi connectivity index (χ1v) is 4.91. The van der Waals surface area contributed by atoms with Gasteiger partial charge in [-0.3, -0.25) is 9.79 Å². The molecule has 2 heterocycles. The third-order valence-electron chi connectivity index (χ3n) is 2.40. The second-order valence-electron chi connectivity index (χ2n) is 3.54. The van der Waals surface area contributed by atoms with Gasteiger partial charge in [0.1, 0.15) is 0 Å². The Balaban J connectivity index is 1.84. The van der Waals surface area contributed by atoms with Crippen molar-refractivity contribution in [1.29, 1.82) is 0 Å². The number of nitrogens with zero attached hydrogens (tertiary/aromatic N) is 1. The van der Waals surface area contributed by atoms with E-state index in [1.165, 1.54) is 0 Å². The van der Waals surface area contributed by atoms with E-state index in [0.717, 1.165) is 13.0 Å². The lowest BCUT2D eigenvalue weighted by atomic mass is 10.1. The lowest BCUT2D eigenvalue weighted by Crippen LogP contribution is -2.39. The van der Waals surface area contributed by atoms with Crippen LogP contribution in [0.2, 0.25) is 0 Å². The van der Waals surface area contributed by atoms with Crippen LogP contribution in [0.4, 0.5) is 0 Å². The molecule has 1 unspecified atom stereocenters. The Morgan fingerprint density at radius 2 is 2.50 bits per heavy atom. The summed E-state index contributed by atoms with van der Waals surface area (Å²) in [6.07, 6.45) is 6.41. The summed E-state index contributed by atoms with van der Waals surface area (Å²) in [5, 5.41) is 2.94. The molecule has 1 N–H and O–H groups in total. The minimum atomic E-state index is -0.190. The molecule has 2 rings (SSSR count). The smallest absolute Gasteiger partial charge is 0.232 e. The molecule has 1 amide bonds. The number of aliphatic imine (C=N–C) groups is 1. The summed E-state index contributed by atoms with van der Waals surface area (Å²) in [5.41, 5.74) is 0. The van der Waals surface area contributed by atoms with Crippen molar-refractivity contribution in [2.45, 2.75) is 12.5 Å². The van der Waals surface area contributed by atoms with Gasteiger partial charge in [-0.05, 0) is 6.42 Å². The first kappa shape index (κ1) is 9.40. The first-order valence-electron chi connectivity index (χ1n) is 4.91. The van der Waals surface area contributed by atoms with Gasteiger partial charge in [0.15, 0.2) is 0 Å². The highest BCUT2D eigenvalue weighted by Crippen LogP contribution is 2.06. The van der Waals surface area contributed by atoms with E-state index in [2.05, 4.69) is 10.3 Å². The highest BCUT2D eigenvalue weighted by Gasteiger charge is 2.21. The van der Waals surface area contributed by atoms with E-state index < -0.39 is 0 Å². The molecule has 0 aromatic carbocycles. The molecule has 4 nitrogen and oxygen atoms in total. The molecule has 0 radical (unpaired) electrons. The van der Waals surface area contributed by atoms with E-state index in [1.807, 2.05) is 12.2 Å². The third-order valence-corrected chi connectivity index (χ3v) is 2.40. The molecule has 2 atom stereocenters. The highest BCUT2D eigenvalue weighted by molar-refractivity contribution is 5.96. The van der Waals surface area contributed by atoms with Crippen molar-refractivity contribution in [1.82, 2.24) is 5.32 Å². The molecule has 1 fully saturated rings. The predicted molar refractivity (Wildman–Crippen MR) is 53.4 cm³/mol. The van der Waals surface area contributed by atoms with E-state index in [1.54, 1.807) is 6.21 Å². The summed E-state index contributed by atoms with van der Waals surface area (Å²) >= 11 is 0. The molecule has 0 aromatic rings. The van der Waals surface area contributed by atoms with Crippen molar-refractivity contribution < 1.29 is 9.53 Å². The molecule has 14 heavy (non-hydrogen) atoms. The zero-order chi connectivity index (χ0) is 9.80. The lowest BCUT2D eigenvalue weighted by Gasteiger charge is -2.14. The second-order valence-corrected chi connectivity index (χ2v) is 3.54. The molecule has 0 saturated carbocycles. The average Bonchev–Trinajstić information content (AvgIpc) is 2.72. The quantitative estimate of drug-likeness (QED) is 0.636. The van der Waals surface area contributed by atoms with Crippen LogP contribution in [0, 0.1) is 5.92 Å². The number of carbonyl (C=O) groups excluding carboxylic acids is 1. The SMILES string of the molecule is O=C(N[C@@H]1CCOC1)C1C=CCN=C1. The van der Waals surface area contributed by atoms with Gasteiger partial charge in [-0.15, -0.1) is 0 Å². The molecule has 76 valence electrons. The second kappa shape index (κ2) is 4.37.